The highest BCUT2D eigenvalue weighted by molar-refractivity contribution is 7.16. The van der Waals surface area contributed by atoms with Gasteiger partial charge in [0.1, 0.15) is 10.8 Å². The molecule has 0 bridgehead atoms. The summed E-state index contributed by atoms with van der Waals surface area (Å²) in [6.45, 7) is 0.131. The molecule has 2 aliphatic heterocycles. The van der Waals surface area contributed by atoms with Crippen LogP contribution in [0.1, 0.15) is 70.8 Å². The number of ether oxygens (including phenoxy) is 3. The number of hydrogen-bond acceptors (Lipinski definition) is 9. The number of thiophene rings is 1. The Kier molecular flexibility index (Phi) is 5.92. The third kappa shape index (κ3) is 3.70. The molecule has 4 aliphatic rings. The average molecular weight is 518 g/mol. The highest BCUT2D eigenvalue weighted by Gasteiger charge is 2.43. The fraction of sp³-hybridized carbons (Fsp3) is 0.393. The van der Waals surface area contributed by atoms with Crippen LogP contribution in [0.5, 0.6) is 11.5 Å². The van der Waals surface area contributed by atoms with Gasteiger partial charge >= 0.3 is 5.97 Å². The van der Waals surface area contributed by atoms with Gasteiger partial charge in [0.25, 0.3) is 0 Å². The predicted molar refractivity (Wildman–Crippen MR) is 137 cm³/mol. The number of fused-ring (bicyclic) bond motifs is 2. The number of Topliss-reactive ketones (excluding diaryl/α,β-unsaturated/α-hetero) is 1. The molecule has 0 spiro atoms. The van der Waals surface area contributed by atoms with Crippen molar-refractivity contribution in [3.05, 3.63) is 62.4 Å². The molecule has 8 nitrogen and oxygen atoms in total. The third-order valence-electron chi connectivity index (χ3n) is 7.64. The lowest BCUT2D eigenvalue weighted by Crippen LogP contribution is -2.39. The average Bonchev–Trinajstić information content (AvgIpc) is 3.45. The summed E-state index contributed by atoms with van der Waals surface area (Å²) in [5, 5.41) is 11.0. The quantitative estimate of drug-likeness (QED) is 0.454. The Morgan fingerprint density at radius 1 is 1.14 bits per heavy atom. The van der Waals surface area contributed by atoms with Crippen LogP contribution in [0.3, 0.4) is 0 Å². The summed E-state index contributed by atoms with van der Waals surface area (Å²) in [5.74, 6) is 0.424. The zero-order valence-corrected chi connectivity index (χ0v) is 21.4. The second kappa shape index (κ2) is 9.27. The van der Waals surface area contributed by atoms with Crippen molar-refractivity contribution in [1.82, 2.24) is 0 Å². The van der Waals surface area contributed by atoms with Crippen LogP contribution in [0, 0.1) is 11.3 Å². The number of methoxy groups -OCH3 is 1. The summed E-state index contributed by atoms with van der Waals surface area (Å²) < 4.78 is 16.3. The number of hydrogen-bond donors (Lipinski definition) is 1. The van der Waals surface area contributed by atoms with Gasteiger partial charge < -0.3 is 19.9 Å². The van der Waals surface area contributed by atoms with Gasteiger partial charge in [0.05, 0.1) is 30.2 Å². The fourth-order valence-corrected chi connectivity index (χ4v) is 7.36. The minimum atomic E-state index is -0.613. The molecule has 37 heavy (non-hydrogen) atoms. The van der Waals surface area contributed by atoms with Crippen LogP contribution in [-0.4, -0.2) is 25.7 Å². The van der Waals surface area contributed by atoms with E-state index >= 15 is 0 Å². The summed E-state index contributed by atoms with van der Waals surface area (Å²) in [5.41, 5.74) is 10.7. The van der Waals surface area contributed by atoms with Gasteiger partial charge in [-0.05, 0) is 61.8 Å². The summed E-state index contributed by atoms with van der Waals surface area (Å²) in [6, 6.07) is 7.79. The Balaban J connectivity index is 1.57. The van der Waals surface area contributed by atoms with E-state index in [1.807, 2.05) is 12.1 Å². The van der Waals surface area contributed by atoms with Crippen molar-refractivity contribution in [3.63, 3.8) is 0 Å². The Morgan fingerprint density at radius 3 is 2.76 bits per heavy atom. The Morgan fingerprint density at radius 2 is 1.95 bits per heavy atom. The third-order valence-corrected chi connectivity index (χ3v) is 8.92. The highest BCUT2D eigenvalue weighted by atomic mass is 32.1. The first-order valence-electron chi connectivity index (χ1n) is 12.6. The fourth-order valence-electron chi connectivity index (χ4n) is 5.94. The first kappa shape index (κ1) is 23.6. The van der Waals surface area contributed by atoms with Gasteiger partial charge in [-0.25, -0.2) is 4.79 Å². The lowest BCUT2D eigenvalue weighted by molar-refractivity contribution is -0.116. The second-order valence-corrected chi connectivity index (χ2v) is 10.7. The smallest absolute Gasteiger partial charge is 0.341 e. The summed E-state index contributed by atoms with van der Waals surface area (Å²) >= 11 is 1.53. The second-order valence-electron chi connectivity index (χ2n) is 9.67. The first-order valence-corrected chi connectivity index (χ1v) is 13.4. The van der Waals surface area contributed by atoms with Crippen LogP contribution in [0.25, 0.3) is 0 Å². The van der Waals surface area contributed by atoms with E-state index in [0.29, 0.717) is 46.9 Å². The van der Waals surface area contributed by atoms with Crippen LogP contribution in [0.2, 0.25) is 0 Å². The number of aryl methyl sites for hydroxylation is 1. The number of nitriles is 1. The number of nitrogens with two attached hydrogens (primary N) is 1. The van der Waals surface area contributed by atoms with Crippen molar-refractivity contribution in [2.75, 3.05) is 18.8 Å². The largest absolute Gasteiger partial charge is 0.465 e. The van der Waals surface area contributed by atoms with E-state index in [1.165, 1.54) is 18.4 Å². The Hall–Kier alpha value is -3.77. The predicted octanol–water partition coefficient (Wildman–Crippen LogP) is 4.84. The van der Waals surface area contributed by atoms with E-state index < -0.39 is 11.9 Å². The van der Waals surface area contributed by atoms with Gasteiger partial charge in [0.15, 0.2) is 17.3 Å². The van der Waals surface area contributed by atoms with E-state index in [9.17, 15) is 14.9 Å². The van der Waals surface area contributed by atoms with Crippen LogP contribution in [0.15, 0.2) is 40.9 Å². The standard InChI is InChI=1S/C28H27N3O5S/c1-34-28(33)24-16-6-3-2-4-9-22(16)37-27(24)31-18-7-5-8-19(32)25(18)23(17(13-29)26(31)30)15-10-11-20-21(12-15)36-14-35-20/h10-12,23H,2-9,14,30H2,1H3/t23-/m1/s1. The van der Waals surface area contributed by atoms with Crippen LogP contribution in [-0.2, 0) is 22.4 Å². The topological polar surface area (TPSA) is 115 Å². The monoisotopic (exact) mass is 517 g/mol. The van der Waals surface area contributed by atoms with Crippen molar-refractivity contribution >= 4 is 28.1 Å². The van der Waals surface area contributed by atoms with Crippen molar-refractivity contribution in [3.8, 4) is 17.6 Å². The Bertz CT molecular complexity index is 1430. The zero-order valence-electron chi connectivity index (χ0n) is 20.6. The van der Waals surface area contributed by atoms with Crippen LogP contribution < -0.4 is 20.1 Å². The number of allylic oxidation sites excluding steroid dienone is 3. The molecule has 1 atom stereocenters. The molecular formula is C28H27N3O5S. The minimum Gasteiger partial charge on any atom is -0.465 e. The zero-order chi connectivity index (χ0) is 25.7. The molecular weight excluding hydrogens is 490 g/mol. The number of esters is 1. The van der Waals surface area contributed by atoms with Gasteiger partial charge in [-0.3, -0.25) is 9.69 Å². The molecule has 0 fully saturated rings. The van der Waals surface area contributed by atoms with Gasteiger partial charge in [-0.15, -0.1) is 11.3 Å². The van der Waals surface area contributed by atoms with Gasteiger partial charge in [0, 0.05) is 22.6 Å². The van der Waals surface area contributed by atoms with Crippen LogP contribution >= 0.6 is 11.3 Å². The van der Waals surface area contributed by atoms with Gasteiger partial charge in [-0.2, -0.15) is 5.26 Å². The number of anilines is 1. The summed E-state index contributed by atoms with van der Waals surface area (Å²) in [4.78, 5) is 29.6. The van der Waals surface area contributed by atoms with Gasteiger partial charge in [-0.1, -0.05) is 12.5 Å². The molecule has 0 amide bonds. The number of carbonyl (C=O) groups excluding carboxylic acids is 2. The molecule has 0 saturated heterocycles. The molecule has 2 N–H and O–H groups in total. The maximum absolute atomic E-state index is 13.5. The highest BCUT2D eigenvalue weighted by Crippen LogP contribution is 2.51. The number of ketones is 1. The molecule has 1 aromatic heterocycles. The van der Waals surface area contributed by atoms with Crippen LogP contribution in [0.4, 0.5) is 5.00 Å². The summed E-state index contributed by atoms with van der Waals surface area (Å²) in [6.07, 6.45) is 6.54. The normalized spacial score (nSPS) is 20.8. The molecule has 2 aromatic rings. The number of nitrogens with zero attached hydrogens (tertiary/aromatic N) is 2. The molecule has 1 aromatic carbocycles. The Labute approximate surface area is 218 Å². The maximum Gasteiger partial charge on any atom is 0.341 e. The van der Waals surface area contributed by atoms with Gasteiger partial charge in [0.2, 0.25) is 6.79 Å². The molecule has 0 radical (unpaired) electrons. The molecule has 6 rings (SSSR count). The molecule has 0 saturated carbocycles. The maximum atomic E-state index is 13.5. The molecule has 2 aliphatic carbocycles. The molecule has 9 heteroatoms. The summed E-state index contributed by atoms with van der Waals surface area (Å²) in [7, 11) is 1.38. The van der Waals surface area contributed by atoms with Crippen molar-refractivity contribution in [1.29, 1.82) is 5.26 Å². The number of carbonyl (C=O) groups is 2. The SMILES string of the molecule is COC(=O)c1c(N2C(N)=C(C#N)[C@@H](c3ccc4c(c3)OCO4)C3=C2CCCC3=O)sc2c1CCCCC2. The first-order chi connectivity index (χ1) is 18.0. The lowest BCUT2D eigenvalue weighted by Gasteiger charge is -2.39. The van der Waals surface area contributed by atoms with E-state index in [2.05, 4.69) is 6.07 Å². The van der Waals surface area contributed by atoms with E-state index in [4.69, 9.17) is 19.9 Å². The molecule has 190 valence electrons. The van der Waals surface area contributed by atoms with Crippen molar-refractivity contribution in [2.24, 2.45) is 5.73 Å². The lowest BCUT2D eigenvalue weighted by atomic mass is 9.75. The number of rotatable bonds is 3. The molecule has 3 heterocycles. The van der Waals surface area contributed by atoms with E-state index in [1.54, 1.807) is 11.0 Å². The van der Waals surface area contributed by atoms with E-state index in [0.717, 1.165) is 53.8 Å². The van der Waals surface area contributed by atoms with Crippen molar-refractivity contribution in [2.45, 2.75) is 57.3 Å². The minimum absolute atomic E-state index is 0.00750. The van der Waals surface area contributed by atoms with Crippen molar-refractivity contribution < 1.29 is 23.8 Å². The van der Waals surface area contributed by atoms with E-state index in [-0.39, 0.29) is 24.0 Å². The number of benzene rings is 1. The molecule has 0 unspecified atom stereocenters.